The predicted octanol–water partition coefficient (Wildman–Crippen LogP) is 3.72. The first-order valence-electron chi connectivity index (χ1n) is 5.98. The van der Waals surface area contributed by atoms with Gasteiger partial charge in [-0.1, -0.05) is 36.4 Å². The highest BCUT2D eigenvalue weighted by Gasteiger charge is 2.07. The van der Waals surface area contributed by atoms with Crippen molar-refractivity contribution in [3.05, 3.63) is 78.4 Å². The van der Waals surface area contributed by atoms with Gasteiger partial charge in [0.05, 0.1) is 11.6 Å². The van der Waals surface area contributed by atoms with Crippen LogP contribution in [-0.4, -0.2) is 11.1 Å². The fourth-order valence-corrected chi connectivity index (χ4v) is 1.83. The number of carboxylic acids is 1. The molecule has 96 valence electrons. The van der Waals surface area contributed by atoms with Crippen molar-refractivity contribution >= 4 is 11.7 Å². The van der Waals surface area contributed by atoms with E-state index >= 15 is 0 Å². The minimum atomic E-state index is -0.921. The van der Waals surface area contributed by atoms with Crippen molar-refractivity contribution < 1.29 is 9.90 Å². The van der Waals surface area contributed by atoms with Gasteiger partial charge >= 0.3 is 5.97 Å². The third-order valence-corrected chi connectivity index (χ3v) is 2.85. The smallest absolute Gasteiger partial charge is 0.335 e. The van der Waals surface area contributed by atoms with Crippen LogP contribution in [0.25, 0.3) is 0 Å². The molecule has 2 N–H and O–H groups in total. The second-order valence-corrected chi connectivity index (χ2v) is 4.15. The van der Waals surface area contributed by atoms with Gasteiger partial charge in [0.15, 0.2) is 0 Å². The molecule has 3 heteroatoms. The molecule has 0 fully saturated rings. The van der Waals surface area contributed by atoms with Crippen LogP contribution in [0.2, 0.25) is 0 Å². The summed E-state index contributed by atoms with van der Waals surface area (Å²) in [6.07, 6.45) is 1.82. The van der Waals surface area contributed by atoms with Crippen LogP contribution in [0.1, 0.15) is 22.0 Å². The lowest BCUT2D eigenvalue weighted by molar-refractivity contribution is 0.0697. The van der Waals surface area contributed by atoms with Crippen molar-refractivity contribution in [2.75, 3.05) is 5.32 Å². The molecule has 0 aliphatic heterocycles. The molecule has 2 aromatic rings. The van der Waals surface area contributed by atoms with Crippen molar-refractivity contribution in [1.29, 1.82) is 0 Å². The van der Waals surface area contributed by atoms with E-state index in [1.54, 1.807) is 24.3 Å². The van der Waals surface area contributed by atoms with Crippen LogP contribution in [0.4, 0.5) is 5.69 Å². The number of carboxylic acid groups (broad SMARTS) is 1. The van der Waals surface area contributed by atoms with Gasteiger partial charge < -0.3 is 10.4 Å². The van der Waals surface area contributed by atoms with Gasteiger partial charge in [-0.2, -0.15) is 0 Å². The van der Waals surface area contributed by atoms with E-state index in [0.717, 1.165) is 11.3 Å². The van der Waals surface area contributed by atoms with Gasteiger partial charge in [0.2, 0.25) is 0 Å². The average molecular weight is 253 g/mol. The van der Waals surface area contributed by atoms with E-state index in [1.165, 1.54) is 0 Å². The first-order valence-corrected chi connectivity index (χ1v) is 5.98. The van der Waals surface area contributed by atoms with E-state index in [-0.39, 0.29) is 11.6 Å². The lowest BCUT2D eigenvalue weighted by atomic mass is 10.1. The van der Waals surface area contributed by atoms with Gasteiger partial charge in [-0.15, -0.1) is 6.58 Å². The lowest BCUT2D eigenvalue weighted by Gasteiger charge is -2.16. The molecule has 1 unspecified atom stereocenters. The van der Waals surface area contributed by atoms with E-state index in [0.29, 0.717) is 0 Å². The fraction of sp³-hybridized carbons (Fsp3) is 0.0625. The van der Waals surface area contributed by atoms with Gasteiger partial charge in [-0.25, -0.2) is 4.79 Å². The van der Waals surface area contributed by atoms with Gasteiger partial charge in [0.1, 0.15) is 0 Å². The zero-order valence-electron chi connectivity index (χ0n) is 10.4. The summed E-state index contributed by atoms with van der Waals surface area (Å²) < 4.78 is 0. The molecule has 0 aliphatic rings. The number of benzene rings is 2. The number of aromatic carboxylic acids is 1. The standard InChI is InChI=1S/C16H15NO2/c1-2-15(12-6-4-3-5-7-12)17-14-10-8-13(9-11-14)16(18)19/h2-11,15,17H,1H2,(H,18,19). The summed E-state index contributed by atoms with van der Waals surface area (Å²) in [5.74, 6) is -0.921. The van der Waals surface area contributed by atoms with E-state index in [4.69, 9.17) is 5.11 Å². The molecule has 1 atom stereocenters. The molecule has 2 rings (SSSR count). The van der Waals surface area contributed by atoms with E-state index in [2.05, 4.69) is 11.9 Å². The Labute approximate surface area is 112 Å². The largest absolute Gasteiger partial charge is 0.478 e. The summed E-state index contributed by atoms with van der Waals surface area (Å²) in [6, 6.07) is 16.6. The van der Waals surface area contributed by atoms with Crippen LogP contribution in [-0.2, 0) is 0 Å². The summed E-state index contributed by atoms with van der Waals surface area (Å²) in [6.45, 7) is 3.82. The Kier molecular flexibility index (Phi) is 3.98. The molecule has 0 radical (unpaired) electrons. The van der Waals surface area contributed by atoms with E-state index in [1.807, 2.05) is 36.4 Å². The molecule has 0 saturated carbocycles. The molecular formula is C16H15NO2. The molecule has 0 saturated heterocycles. The third kappa shape index (κ3) is 3.22. The summed E-state index contributed by atoms with van der Waals surface area (Å²) in [5, 5.41) is 12.1. The Balaban J connectivity index is 2.15. The second-order valence-electron chi connectivity index (χ2n) is 4.15. The van der Waals surface area contributed by atoms with Crippen LogP contribution in [0.3, 0.4) is 0 Å². The fourth-order valence-electron chi connectivity index (χ4n) is 1.83. The molecule has 0 aliphatic carbocycles. The lowest BCUT2D eigenvalue weighted by Crippen LogP contribution is -2.07. The summed E-state index contributed by atoms with van der Waals surface area (Å²) >= 11 is 0. The molecule has 2 aromatic carbocycles. The maximum absolute atomic E-state index is 10.8. The number of nitrogens with one attached hydrogen (secondary N) is 1. The molecule has 3 nitrogen and oxygen atoms in total. The number of anilines is 1. The highest BCUT2D eigenvalue weighted by Crippen LogP contribution is 2.20. The Morgan fingerprint density at radius 1 is 1.11 bits per heavy atom. The summed E-state index contributed by atoms with van der Waals surface area (Å²) in [7, 11) is 0. The summed E-state index contributed by atoms with van der Waals surface area (Å²) in [5.41, 5.74) is 2.25. The molecule has 19 heavy (non-hydrogen) atoms. The third-order valence-electron chi connectivity index (χ3n) is 2.85. The van der Waals surface area contributed by atoms with Crippen LogP contribution in [0.5, 0.6) is 0 Å². The van der Waals surface area contributed by atoms with Gasteiger partial charge in [0, 0.05) is 5.69 Å². The zero-order valence-corrected chi connectivity index (χ0v) is 10.4. The first kappa shape index (κ1) is 12.9. The number of carbonyl (C=O) groups is 1. The molecule has 0 amide bonds. The normalized spacial score (nSPS) is 11.6. The Bertz CT molecular complexity index is 561. The Hall–Kier alpha value is -2.55. The minimum absolute atomic E-state index is 0.00289. The van der Waals surface area contributed by atoms with Crippen molar-refractivity contribution in [1.82, 2.24) is 0 Å². The Morgan fingerprint density at radius 3 is 2.26 bits per heavy atom. The molecule has 0 aromatic heterocycles. The maximum atomic E-state index is 10.8. The molecule has 0 spiro atoms. The molecular weight excluding hydrogens is 238 g/mol. The topological polar surface area (TPSA) is 49.3 Å². The molecule has 0 bridgehead atoms. The average Bonchev–Trinajstić information content (AvgIpc) is 2.46. The van der Waals surface area contributed by atoms with Gasteiger partial charge in [-0.05, 0) is 29.8 Å². The van der Waals surface area contributed by atoms with Crippen molar-refractivity contribution in [3.63, 3.8) is 0 Å². The predicted molar refractivity (Wildman–Crippen MR) is 76.4 cm³/mol. The van der Waals surface area contributed by atoms with Crippen molar-refractivity contribution in [2.24, 2.45) is 0 Å². The second kappa shape index (κ2) is 5.87. The number of hydrogen-bond acceptors (Lipinski definition) is 2. The quantitative estimate of drug-likeness (QED) is 0.798. The molecule has 0 heterocycles. The van der Waals surface area contributed by atoms with Gasteiger partial charge in [0.25, 0.3) is 0 Å². The van der Waals surface area contributed by atoms with Crippen LogP contribution < -0.4 is 5.32 Å². The van der Waals surface area contributed by atoms with E-state index in [9.17, 15) is 4.79 Å². The van der Waals surface area contributed by atoms with Gasteiger partial charge in [-0.3, -0.25) is 0 Å². The van der Waals surface area contributed by atoms with Crippen LogP contribution in [0.15, 0.2) is 67.3 Å². The highest BCUT2D eigenvalue weighted by molar-refractivity contribution is 5.88. The first-order chi connectivity index (χ1) is 9.20. The minimum Gasteiger partial charge on any atom is -0.478 e. The van der Waals surface area contributed by atoms with Crippen molar-refractivity contribution in [3.8, 4) is 0 Å². The van der Waals surface area contributed by atoms with Crippen molar-refractivity contribution in [2.45, 2.75) is 6.04 Å². The summed E-state index contributed by atoms with van der Waals surface area (Å²) in [4.78, 5) is 10.8. The van der Waals surface area contributed by atoms with E-state index < -0.39 is 5.97 Å². The number of rotatable bonds is 5. The zero-order chi connectivity index (χ0) is 13.7. The number of hydrogen-bond donors (Lipinski definition) is 2. The van der Waals surface area contributed by atoms with Crippen LogP contribution >= 0.6 is 0 Å². The monoisotopic (exact) mass is 253 g/mol. The highest BCUT2D eigenvalue weighted by atomic mass is 16.4. The van der Waals surface area contributed by atoms with Crippen LogP contribution in [0, 0.1) is 0 Å². The Morgan fingerprint density at radius 2 is 1.74 bits per heavy atom. The SMILES string of the molecule is C=CC(Nc1ccc(C(=O)O)cc1)c1ccccc1. The maximum Gasteiger partial charge on any atom is 0.335 e.